The molecule has 1 aromatic rings. The zero-order valence-corrected chi connectivity index (χ0v) is 28.1. The van der Waals surface area contributed by atoms with Crippen molar-refractivity contribution < 1.29 is 14.6 Å². The second-order valence-corrected chi connectivity index (χ2v) is 16.2. The van der Waals surface area contributed by atoms with Crippen molar-refractivity contribution in [2.75, 3.05) is 27.7 Å². The van der Waals surface area contributed by atoms with E-state index in [1.165, 1.54) is 68.3 Å². The molecule has 2 spiro atoms. The smallest absolute Gasteiger partial charge is 0.209 e. The third-order valence-electron chi connectivity index (χ3n) is 13.7. The van der Waals surface area contributed by atoms with Crippen LogP contribution in [-0.2, 0) is 16.1 Å². The van der Waals surface area contributed by atoms with Gasteiger partial charge in [0.25, 0.3) is 0 Å². The number of likely N-dealkylation sites (N-methyl/N-ethyl adjacent to an activating group) is 1. The first kappa shape index (κ1) is 32.3. The largest absolute Gasteiger partial charge is 0.393 e. The highest BCUT2D eigenvalue weighted by atomic mass is 32.1. The van der Waals surface area contributed by atoms with Crippen LogP contribution in [0.5, 0.6) is 0 Å². The van der Waals surface area contributed by atoms with Crippen molar-refractivity contribution in [2.45, 2.75) is 110 Å². The molecule has 1 amide bonds. The molecule has 9 unspecified atom stereocenters. The first-order valence-electron chi connectivity index (χ1n) is 16.6. The second kappa shape index (κ2) is 11.7. The maximum atomic E-state index is 10.9. The van der Waals surface area contributed by atoms with Gasteiger partial charge in [-0.05, 0) is 122 Å². The third kappa shape index (κ3) is 5.08. The van der Waals surface area contributed by atoms with E-state index in [-0.39, 0.29) is 25.0 Å². The second-order valence-electron chi connectivity index (χ2n) is 16.2. The molecule has 7 rings (SSSR count). The Labute approximate surface area is 262 Å². The summed E-state index contributed by atoms with van der Waals surface area (Å²) < 4.78 is 6.98. The molecule has 5 saturated carbocycles. The van der Waals surface area contributed by atoms with E-state index in [0.29, 0.717) is 28.5 Å². The number of benzene rings is 1. The molecule has 10 atom stereocenters. The molecule has 6 heteroatoms. The van der Waals surface area contributed by atoms with Crippen molar-refractivity contribution in [1.29, 1.82) is 0 Å². The maximum absolute atomic E-state index is 10.9. The van der Waals surface area contributed by atoms with Crippen molar-refractivity contribution >= 4 is 19.9 Å². The van der Waals surface area contributed by atoms with Crippen LogP contribution in [0.4, 0.5) is 0 Å². The van der Waals surface area contributed by atoms with E-state index in [2.05, 4.69) is 63.1 Å². The molecule has 0 bridgehead atoms. The molecule has 1 aliphatic heterocycles. The number of hydrogen-bond donors (Lipinski definition) is 1. The van der Waals surface area contributed by atoms with Gasteiger partial charge in [-0.3, -0.25) is 9.69 Å². The van der Waals surface area contributed by atoms with Crippen molar-refractivity contribution in [1.82, 2.24) is 9.80 Å². The molecule has 1 aromatic carbocycles. The lowest BCUT2D eigenvalue weighted by atomic mass is 9.46. The molecule has 0 aromatic heterocycles. The van der Waals surface area contributed by atoms with E-state index in [0.717, 1.165) is 49.6 Å². The van der Waals surface area contributed by atoms with Crippen LogP contribution in [0.15, 0.2) is 30.3 Å². The number of nitrogens with zero attached hydrogens (tertiary/aromatic N) is 2. The van der Waals surface area contributed by atoms with Crippen molar-refractivity contribution in [3.63, 3.8) is 0 Å². The zero-order valence-electron chi connectivity index (χ0n) is 27.1. The van der Waals surface area contributed by atoms with Gasteiger partial charge in [0.1, 0.15) is 0 Å². The normalized spacial score (nSPS) is 44.0. The predicted molar refractivity (Wildman–Crippen MR) is 174 cm³/mol. The monoisotopic (exact) mass is 598 g/mol. The molecule has 42 heavy (non-hydrogen) atoms. The molecule has 236 valence electrons. The van der Waals surface area contributed by atoms with Crippen LogP contribution in [0.2, 0.25) is 0 Å². The predicted octanol–water partition coefficient (Wildman–Crippen LogP) is 6.50. The highest BCUT2D eigenvalue weighted by Gasteiger charge is 2.80. The molecule has 6 fully saturated rings. The molecular formula is C36H58N2O3S. The quantitative estimate of drug-likeness (QED) is 0.393. The summed E-state index contributed by atoms with van der Waals surface area (Å²) in [5.41, 5.74) is 3.13. The van der Waals surface area contributed by atoms with Gasteiger partial charge in [-0.2, -0.15) is 13.5 Å². The summed E-state index contributed by atoms with van der Waals surface area (Å²) in [4.78, 5) is 13.3. The zero-order chi connectivity index (χ0) is 29.2. The number of ether oxygens (including phenoxy) is 1. The number of carbonyl (C=O) groups excluding carboxylic acids is 1. The van der Waals surface area contributed by atoms with Crippen LogP contribution >= 0.6 is 13.5 Å². The Morgan fingerprint density at radius 1 is 0.905 bits per heavy atom. The fraction of sp³-hybridized carbons (Fsp3) is 0.806. The van der Waals surface area contributed by atoms with E-state index < -0.39 is 0 Å². The fourth-order valence-electron chi connectivity index (χ4n) is 11.8. The lowest BCUT2D eigenvalue weighted by Gasteiger charge is -2.59. The first-order chi connectivity index (χ1) is 19.5. The number of aliphatic hydroxyl groups excluding tert-OH is 1. The van der Waals surface area contributed by atoms with Gasteiger partial charge in [-0.25, -0.2) is 0 Å². The summed E-state index contributed by atoms with van der Waals surface area (Å²) in [6.07, 6.45) is 14.9. The molecule has 0 radical (unpaired) electrons. The summed E-state index contributed by atoms with van der Waals surface area (Å²) in [5.74, 6) is 3.27. The van der Waals surface area contributed by atoms with Crippen LogP contribution in [0, 0.1) is 45.3 Å². The Kier molecular flexibility index (Phi) is 9.00. The van der Waals surface area contributed by atoms with E-state index in [4.69, 9.17) is 4.74 Å². The molecule has 1 saturated heterocycles. The van der Waals surface area contributed by atoms with Gasteiger partial charge in [-0.1, -0.05) is 51.1 Å². The molecular weight excluding hydrogens is 540 g/mol. The molecule has 1 heterocycles. The number of amides is 1. The number of fused-ring (bicyclic) bond motifs is 4. The fourth-order valence-corrected chi connectivity index (χ4v) is 11.8. The standard InChI is InChI=1S/C33H49NO2.C3H7NO.H2S/c1-30(2)28-13-12-24-26-18-27-25(11-10-23(36-27)20-34(4)19-22-8-6-5-7-9-22)31(26,3)16-17-32(24)21-33(28,32)15-14-29(30)35;1-4(2)3-5;/h5-9,23-29,35H,10-21H2,1-4H3;3H,1-2H3;1H2/t23?,24?,25?,26?,27?,28?,29-,31?,32?,33?;;/m0../s1. The summed E-state index contributed by atoms with van der Waals surface area (Å²) >= 11 is 0. The minimum absolute atomic E-state index is 0. The lowest BCUT2D eigenvalue weighted by Crippen LogP contribution is -2.54. The summed E-state index contributed by atoms with van der Waals surface area (Å²) in [6, 6.07) is 10.9. The number of rotatable bonds is 5. The Morgan fingerprint density at radius 3 is 2.29 bits per heavy atom. The maximum Gasteiger partial charge on any atom is 0.209 e. The Morgan fingerprint density at radius 2 is 1.60 bits per heavy atom. The highest BCUT2D eigenvalue weighted by molar-refractivity contribution is 7.59. The Balaban J connectivity index is 0.000000545. The van der Waals surface area contributed by atoms with Crippen LogP contribution in [0.25, 0.3) is 0 Å². The SMILES string of the molecule is CN(C)C=O.CN(Cc1ccccc1)CC1CCC2C(CC3C4CCC5C(C)(C)[C@@H](O)CCC56CC46CCC23C)O1.S. The topological polar surface area (TPSA) is 53.0 Å². The van der Waals surface area contributed by atoms with Crippen LogP contribution in [-0.4, -0.2) is 67.3 Å². The van der Waals surface area contributed by atoms with Crippen LogP contribution in [0.1, 0.15) is 90.5 Å². The Bertz CT molecular complexity index is 1100. The van der Waals surface area contributed by atoms with Crippen LogP contribution < -0.4 is 0 Å². The minimum Gasteiger partial charge on any atom is -0.393 e. The molecule has 5 aliphatic carbocycles. The number of aliphatic hydroxyl groups is 1. The van der Waals surface area contributed by atoms with Crippen LogP contribution in [0.3, 0.4) is 0 Å². The molecule has 6 aliphatic rings. The lowest BCUT2D eigenvalue weighted by molar-refractivity contribution is -0.135. The van der Waals surface area contributed by atoms with Gasteiger partial charge >= 0.3 is 0 Å². The number of carbonyl (C=O) groups is 1. The van der Waals surface area contributed by atoms with Gasteiger partial charge in [0.15, 0.2) is 0 Å². The summed E-state index contributed by atoms with van der Waals surface area (Å²) in [6.45, 7) is 9.50. The summed E-state index contributed by atoms with van der Waals surface area (Å²) in [7, 11) is 5.63. The first-order valence-corrected chi connectivity index (χ1v) is 16.6. The Hall–Kier alpha value is -1.08. The van der Waals surface area contributed by atoms with Gasteiger partial charge in [0.2, 0.25) is 6.41 Å². The van der Waals surface area contributed by atoms with Gasteiger partial charge in [-0.15, -0.1) is 0 Å². The molecule has 1 N–H and O–H groups in total. The van der Waals surface area contributed by atoms with Gasteiger partial charge in [0.05, 0.1) is 18.3 Å². The minimum atomic E-state index is -0.101. The van der Waals surface area contributed by atoms with E-state index in [9.17, 15) is 9.90 Å². The van der Waals surface area contributed by atoms with Gasteiger partial charge < -0.3 is 14.7 Å². The van der Waals surface area contributed by atoms with E-state index in [1.54, 1.807) is 14.1 Å². The van der Waals surface area contributed by atoms with E-state index >= 15 is 0 Å². The molecule has 5 nitrogen and oxygen atoms in total. The van der Waals surface area contributed by atoms with Crippen molar-refractivity contribution in [2.24, 2.45) is 45.3 Å². The van der Waals surface area contributed by atoms with E-state index in [1.807, 2.05) is 0 Å². The highest BCUT2D eigenvalue weighted by Crippen LogP contribution is 2.87. The average Bonchev–Trinajstić information content (AvgIpc) is 3.52. The third-order valence-corrected chi connectivity index (χ3v) is 13.7. The number of hydrogen-bond acceptors (Lipinski definition) is 4. The summed E-state index contributed by atoms with van der Waals surface area (Å²) in [5, 5.41) is 10.9. The van der Waals surface area contributed by atoms with Gasteiger partial charge in [0, 0.05) is 27.2 Å². The average molecular weight is 599 g/mol. The van der Waals surface area contributed by atoms with Crippen molar-refractivity contribution in [3.05, 3.63) is 35.9 Å². The van der Waals surface area contributed by atoms with Crippen molar-refractivity contribution in [3.8, 4) is 0 Å².